The normalized spacial score (nSPS) is 24.5. The minimum absolute atomic E-state index is 0.218. The Hall–Kier alpha value is -0.380. The van der Waals surface area contributed by atoms with Gasteiger partial charge in [0.05, 0.1) is 13.2 Å². The van der Waals surface area contributed by atoms with Crippen molar-refractivity contribution >= 4 is 0 Å². The van der Waals surface area contributed by atoms with E-state index in [4.69, 9.17) is 9.84 Å². The first kappa shape index (κ1) is 10.1. The molecular weight excluding hydrogens is 178 g/mol. The van der Waals surface area contributed by atoms with E-state index in [1.54, 1.807) is 0 Å². The quantitative estimate of drug-likeness (QED) is 0.637. The molecule has 3 nitrogen and oxygen atoms in total. The van der Waals surface area contributed by atoms with E-state index in [0.29, 0.717) is 6.61 Å². The maximum absolute atomic E-state index is 9.11. The third-order valence-electron chi connectivity index (χ3n) is 3.13. The summed E-state index contributed by atoms with van der Waals surface area (Å²) in [6.07, 6.45) is 5.65. The van der Waals surface area contributed by atoms with Gasteiger partial charge in [-0.3, -0.25) is 0 Å². The lowest BCUT2D eigenvalue weighted by Gasteiger charge is -2.16. The topological polar surface area (TPSA) is 41.5 Å². The fourth-order valence-electron chi connectivity index (χ4n) is 1.79. The average molecular weight is 197 g/mol. The molecule has 14 heavy (non-hydrogen) atoms. The summed E-state index contributed by atoms with van der Waals surface area (Å²) in [6, 6.07) is 0. The van der Waals surface area contributed by atoms with Crippen molar-refractivity contribution in [3.8, 4) is 0 Å². The van der Waals surface area contributed by atoms with Gasteiger partial charge < -0.3 is 15.2 Å². The van der Waals surface area contributed by atoms with Crippen molar-refractivity contribution < 1.29 is 9.84 Å². The molecule has 0 spiro atoms. The van der Waals surface area contributed by atoms with Crippen molar-refractivity contribution in [2.75, 3.05) is 32.9 Å². The fraction of sp³-hybridized carbons (Fsp3) is 0.818. The maximum atomic E-state index is 9.11. The number of hydrogen-bond donors (Lipinski definition) is 2. The molecule has 2 aliphatic rings. The maximum Gasteiger partial charge on any atom is 0.0689 e. The summed E-state index contributed by atoms with van der Waals surface area (Å²) in [4.78, 5) is 0. The molecule has 1 saturated carbocycles. The Labute approximate surface area is 85.1 Å². The average Bonchev–Trinajstić information content (AvgIpc) is 3.00. The summed E-state index contributed by atoms with van der Waals surface area (Å²) in [5.74, 6) is 0. The van der Waals surface area contributed by atoms with Gasteiger partial charge in [0.1, 0.15) is 0 Å². The third kappa shape index (κ3) is 2.56. The number of aliphatic hydroxyl groups is 1. The molecule has 2 N–H and O–H groups in total. The highest BCUT2D eigenvalue weighted by Gasteiger charge is 2.41. The summed E-state index contributed by atoms with van der Waals surface area (Å²) in [7, 11) is 0. The summed E-state index contributed by atoms with van der Waals surface area (Å²) in [6.45, 7) is 3.83. The second-order valence-corrected chi connectivity index (χ2v) is 4.47. The molecule has 1 aliphatic carbocycles. The van der Waals surface area contributed by atoms with Crippen LogP contribution >= 0.6 is 0 Å². The van der Waals surface area contributed by atoms with Gasteiger partial charge in [-0.2, -0.15) is 0 Å². The van der Waals surface area contributed by atoms with Crippen molar-refractivity contribution in [2.45, 2.75) is 19.3 Å². The molecule has 1 fully saturated rings. The van der Waals surface area contributed by atoms with E-state index < -0.39 is 0 Å². The van der Waals surface area contributed by atoms with Crippen LogP contribution in [0.5, 0.6) is 0 Å². The molecule has 0 unspecified atom stereocenters. The molecule has 0 radical (unpaired) electrons. The number of ether oxygens (including phenoxy) is 1. The predicted molar refractivity (Wildman–Crippen MR) is 55.1 cm³/mol. The fourth-order valence-corrected chi connectivity index (χ4v) is 1.79. The van der Waals surface area contributed by atoms with Crippen molar-refractivity contribution in [3.05, 3.63) is 11.6 Å². The first-order valence-electron chi connectivity index (χ1n) is 5.42. The van der Waals surface area contributed by atoms with Gasteiger partial charge in [0.2, 0.25) is 0 Å². The number of rotatable bonds is 5. The molecule has 1 aliphatic heterocycles. The summed E-state index contributed by atoms with van der Waals surface area (Å²) >= 11 is 0. The van der Waals surface area contributed by atoms with Crippen molar-refractivity contribution in [3.63, 3.8) is 0 Å². The van der Waals surface area contributed by atoms with Gasteiger partial charge in [0, 0.05) is 25.1 Å². The molecule has 0 amide bonds. The molecule has 0 saturated heterocycles. The molecule has 0 aromatic rings. The highest BCUT2D eigenvalue weighted by Crippen LogP contribution is 2.44. The molecule has 80 valence electrons. The van der Waals surface area contributed by atoms with Crippen LogP contribution in [0, 0.1) is 5.41 Å². The Morgan fingerprint density at radius 3 is 2.93 bits per heavy atom. The zero-order valence-corrected chi connectivity index (χ0v) is 8.59. The molecule has 2 rings (SSSR count). The second kappa shape index (κ2) is 4.43. The van der Waals surface area contributed by atoms with Crippen LogP contribution in [0.15, 0.2) is 11.6 Å². The molecule has 0 aromatic carbocycles. The van der Waals surface area contributed by atoms with Crippen LogP contribution in [0.4, 0.5) is 0 Å². The standard InChI is InChI=1S/C11H19NO2/c13-9-11(3-4-11)8-12-6-10-2-1-5-14-7-10/h2,12-13H,1,3-9H2. The first-order chi connectivity index (χ1) is 6.85. The zero-order valence-electron chi connectivity index (χ0n) is 8.59. The van der Waals surface area contributed by atoms with Crippen molar-refractivity contribution in [1.29, 1.82) is 0 Å². The Bertz CT molecular complexity index is 221. The largest absolute Gasteiger partial charge is 0.396 e. The van der Waals surface area contributed by atoms with E-state index >= 15 is 0 Å². The lowest BCUT2D eigenvalue weighted by atomic mass is 10.1. The smallest absolute Gasteiger partial charge is 0.0689 e. The van der Waals surface area contributed by atoms with Crippen LogP contribution in [0.3, 0.4) is 0 Å². The molecule has 3 heteroatoms. The van der Waals surface area contributed by atoms with Crippen molar-refractivity contribution in [2.24, 2.45) is 5.41 Å². The highest BCUT2D eigenvalue weighted by molar-refractivity contribution is 5.07. The minimum Gasteiger partial charge on any atom is -0.396 e. The van der Waals surface area contributed by atoms with Gasteiger partial charge in [0.15, 0.2) is 0 Å². The van der Waals surface area contributed by atoms with Crippen LogP contribution in [-0.2, 0) is 4.74 Å². The van der Waals surface area contributed by atoms with E-state index in [1.165, 1.54) is 18.4 Å². The minimum atomic E-state index is 0.218. The lowest BCUT2D eigenvalue weighted by molar-refractivity contribution is 0.148. The molecular formula is C11H19NO2. The third-order valence-corrected chi connectivity index (χ3v) is 3.13. The summed E-state index contributed by atoms with van der Waals surface area (Å²) in [5.41, 5.74) is 1.57. The predicted octanol–water partition coefficient (Wildman–Crippen LogP) is 0.695. The van der Waals surface area contributed by atoms with Crippen molar-refractivity contribution in [1.82, 2.24) is 5.32 Å². The molecule has 0 atom stereocenters. The summed E-state index contributed by atoms with van der Waals surface area (Å²) < 4.78 is 5.35. The highest BCUT2D eigenvalue weighted by atomic mass is 16.5. The Morgan fingerprint density at radius 2 is 2.36 bits per heavy atom. The Balaban J connectivity index is 1.65. The Morgan fingerprint density at radius 1 is 1.50 bits per heavy atom. The van der Waals surface area contributed by atoms with E-state index in [1.807, 2.05) is 0 Å². The summed E-state index contributed by atoms with van der Waals surface area (Å²) in [5, 5.41) is 12.5. The van der Waals surface area contributed by atoms with Crippen LogP contribution in [0.25, 0.3) is 0 Å². The van der Waals surface area contributed by atoms with E-state index in [2.05, 4.69) is 11.4 Å². The second-order valence-electron chi connectivity index (χ2n) is 4.47. The van der Waals surface area contributed by atoms with E-state index in [9.17, 15) is 0 Å². The van der Waals surface area contributed by atoms with Crippen LogP contribution < -0.4 is 5.32 Å². The van der Waals surface area contributed by atoms with Crippen LogP contribution in [0.2, 0.25) is 0 Å². The molecule has 1 heterocycles. The molecule has 0 bridgehead atoms. The van der Waals surface area contributed by atoms with E-state index in [0.717, 1.165) is 32.7 Å². The SMILES string of the molecule is OCC1(CNCC2=CCCOC2)CC1. The lowest BCUT2D eigenvalue weighted by Crippen LogP contribution is -2.29. The van der Waals surface area contributed by atoms with Gasteiger partial charge in [0.25, 0.3) is 0 Å². The van der Waals surface area contributed by atoms with E-state index in [-0.39, 0.29) is 5.41 Å². The van der Waals surface area contributed by atoms with Gasteiger partial charge >= 0.3 is 0 Å². The van der Waals surface area contributed by atoms with Gasteiger partial charge in [-0.1, -0.05) is 6.08 Å². The Kier molecular flexibility index (Phi) is 3.21. The number of hydrogen-bond acceptors (Lipinski definition) is 3. The first-order valence-corrected chi connectivity index (χ1v) is 5.42. The van der Waals surface area contributed by atoms with Gasteiger partial charge in [-0.25, -0.2) is 0 Å². The van der Waals surface area contributed by atoms with Crippen LogP contribution in [0.1, 0.15) is 19.3 Å². The van der Waals surface area contributed by atoms with Gasteiger partial charge in [-0.15, -0.1) is 0 Å². The number of nitrogens with one attached hydrogen (secondary N) is 1. The zero-order chi connectivity index (χ0) is 9.86. The monoisotopic (exact) mass is 197 g/mol. The number of aliphatic hydroxyl groups excluding tert-OH is 1. The molecule has 0 aromatic heterocycles. The van der Waals surface area contributed by atoms with Gasteiger partial charge in [-0.05, 0) is 24.8 Å². The van der Waals surface area contributed by atoms with Crippen LogP contribution in [-0.4, -0.2) is 38.0 Å².